The molecule has 2 aromatic rings. The van der Waals surface area contributed by atoms with Gasteiger partial charge in [0.15, 0.2) is 10.8 Å². The third-order valence-corrected chi connectivity index (χ3v) is 4.19. The maximum atomic E-state index is 12.1. The van der Waals surface area contributed by atoms with E-state index in [2.05, 4.69) is 15.5 Å². The van der Waals surface area contributed by atoms with Gasteiger partial charge in [-0.05, 0) is 31.5 Å². The highest BCUT2D eigenvalue weighted by Crippen LogP contribution is 2.33. The lowest BCUT2D eigenvalue weighted by atomic mass is 10.1. The van der Waals surface area contributed by atoms with Gasteiger partial charge in [0.25, 0.3) is 5.91 Å². The van der Waals surface area contributed by atoms with Gasteiger partial charge in [-0.1, -0.05) is 11.6 Å². The topological polar surface area (TPSA) is 81.2 Å². The average Bonchev–Trinajstić information content (AvgIpc) is 2.73. The molecule has 2 rings (SSSR count). The first-order valence-corrected chi connectivity index (χ1v) is 7.12. The predicted octanol–water partition coefficient (Wildman–Crippen LogP) is 2.85. The molecule has 110 valence electrons. The molecule has 6 nitrogen and oxygen atoms in total. The Labute approximate surface area is 130 Å². The number of thiophene rings is 1. The lowest BCUT2D eigenvalue weighted by molar-refractivity contribution is 0.0601. The first kappa shape index (κ1) is 15.4. The van der Waals surface area contributed by atoms with Crippen LogP contribution >= 0.6 is 22.9 Å². The summed E-state index contributed by atoms with van der Waals surface area (Å²) in [6, 6.07) is 2.92. The van der Waals surface area contributed by atoms with Crippen molar-refractivity contribution in [3.05, 3.63) is 39.0 Å². The Morgan fingerprint density at radius 3 is 2.57 bits per heavy atom. The lowest BCUT2D eigenvalue weighted by Gasteiger charge is -2.05. The summed E-state index contributed by atoms with van der Waals surface area (Å²) in [5.74, 6) is -0.958. The fourth-order valence-corrected chi connectivity index (χ4v) is 2.81. The largest absolute Gasteiger partial charge is 0.465 e. The molecule has 21 heavy (non-hydrogen) atoms. The van der Waals surface area contributed by atoms with E-state index in [4.69, 9.17) is 16.3 Å². The molecule has 8 heteroatoms. The van der Waals surface area contributed by atoms with Crippen LogP contribution in [0.25, 0.3) is 0 Å². The normalized spacial score (nSPS) is 10.3. The highest BCUT2D eigenvalue weighted by molar-refractivity contribution is 7.16. The van der Waals surface area contributed by atoms with Crippen molar-refractivity contribution >= 4 is 39.8 Å². The Balaban J connectivity index is 2.31. The first-order chi connectivity index (χ1) is 9.93. The van der Waals surface area contributed by atoms with Crippen molar-refractivity contribution in [1.82, 2.24) is 10.2 Å². The minimum absolute atomic E-state index is 0.110. The molecular formula is C13H12ClN3O3S. The van der Waals surface area contributed by atoms with Gasteiger partial charge in [0.05, 0.1) is 12.7 Å². The Morgan fingerprint density at radius 2 is 2.00 bits per heavy atom. The standard InChI is InChI=1S/C13H12ClN3O3S/c1-6-7(2)21-12(10(6)13(19)20-3)15-11(18)8-4-5-9(14)17-16-8/h4-5H,1-3H3,(H,15,18). The molecule has 0 radical (unpaired) electrons. The van der Waals surface area contributed by atoms with Crippen LogP contribution in [0.5, 0.6) is 0 Å². The fourth-order valence-electron chi connectivity index (χ4n) is 1.67. The van der Waals surface area contributed by atoms with Crippen LogP contribution < -0.4 is 5.32 Å². The van der Waals surface area contributed by atoms with E-state index >= 15 is 0 Å². The van der Waals surface area contributed by atoms with Crippen molar-refractivity contribution in [1.29, 1.82) is 0 Å². The van der Waals surface area contributed by atoms with Gasteiger partial charge in [0.2, 0.25) is 0 Å². The number of hydrogen-bond acceptors (Lipinski definition) is 6. The van der Waals surface area contributed by atoms with E-state index in [0.717, 1.165) is 10.4 Å². The molecule has 1 N–H and O–H groups in total. The maximum absolute atomic E-state index is 12.1. The molecule has 0 spiro atoms. The number of hydrogen-bond donors (Lipinski definition) is 1. The molecule has 0 aliphatic carbocycles. The van der Waals surface area contributed by atoms with E-state index in [-0.39, 0.29) is 10.8 Å². The summed E-state index contributed by atoms with van der Waals surface area (Å²) >= 11 is 6.93. The zero-order chi connectivity index (χ0) is 15.6. The van der Waals surface area contributed by atoms with Gasteiger partial charge >= 0.3 is 5.97 Å². The van der Waals surface area contributed by atoms with Crippen molar-refractivity contribution in [2.24, 2.45) is 0 Å². The van der Waals surface area contributed by atoms with Crippen molar-refractivity contribution in [2.75, 3.05) is 12.4 Å². The number of nitrogens with one attached hydrogen (secondary N) is 1. The number of esters is 1. The number of aromatic nitrogens is 2. The number of ether oxygens (including phenoxy) is 1. The van der Waals surface area contributed by atoms with Crippen molar-refractivity contribution in [3.8, 4) is 0 Å². The Morgan fingerprint density at radius 1 is 1.29 bits per heavy atom. The fraction of sp³-hybridized carbons (Fsp3) is 0.231. The molecule has 1 amide bonds. The number of amides is 1. The monoisotopic (exact) mass is 325 g/mol. The summed E-state index contributed by atoms with van der Waals surface area (Å²) in [5.41, 5.74) is 1.25. The Hall–Kier alpha value is -1.99. The van der Waals surface area contributed by atoms with Gasteiger partial charge in [0, 0.05) is 4.88 Å². The van der Waals surface area contributed by atoms with E-state index in [1.807, 2.05) is 6.92 Å². The quantitative estimate of drug-likeness (QED) is 0.877. The van der Waals surface area contributed by atoms with Crippen molar-refractivity contribution in [3.63, 3.8) is 0 Å². The predicted molar refractivity (Wildman–Crippen MR) is 80.1 cm³/mol. The van der Waals surface area contributed by atoms with Crippen LogP contribution in [0.4, 0.5) is 5.00 Å². The van der Waals surface area contributed by atoms with Gasteiger partial charge in [-0.3, -0.25) is 4.79 Å². The molecule has 0 bridgehead atoms. The summed E-state index contributed by atoms with van der Waals surface area (Å²) in [6.45, 7) is 3.67. The van der Waals surface area contributed by atoms with Crippen LogP contribution in [-0.2, 0) is 4.74 Å². The average molecular weight is 326 g/mol. The van der Waals surface area contributed by atoms with E-state index in [9.17, 15) is 9.59 Å². The van der Waals surface area contributed by atoms with Gasteiger partial charge in [-0.15, -0.1) is 21.5 Å². The van der Waals surface area contributed by atoms with Gasteiger partial charge < -0.3 is 10.1 Å². The molecule has 2 aromatic heterocycles. The number of aryl methyl sites for hydroxylation is 1. The molecule has 0 aliphatic heterocycles. The van der Waals surface area contributed by atoms with Crippen LogP contribution in [0.15, 0.2) is 12.1 Å². The number of nitrogens with zero attached hydrogens (tertiary/aromatic N) is 2. The molecular weight excluding hydrogens is 314 g/mol. The SMILES string of the molecule is COC(=O)c1c(NC(=O)c2ccc(Cl)nn2)sc(C)c1C. The molecule has 0 unspecified atom stereocenters. The minimum Gasteiger partial charge on any atom is -0.465 e. The summed E-state index contributed by atoms with van der Waals surface area (Å²) in [4.78, 5) is 24.8. The second-order valence-corrected chi connectivity index (χ2v) is 5.79. The number of halogens is 1. The molecule has 0 aromatic carbocycles. The smallest absolute Gasteiger partial charge is 0.341 e. The van der Waals surface area contributed by atoms with Gasteiger partial charge in [0.1, 0.15) is 5.00 Å². The van der Waals surface area contributed by atoms with Crippen molar-refractivity contribution < 1.29 is 14.3 Å². The number of carbonyl (C=O) groups excluding carboxylic acids is 2. The van der Waals surface area contributed by atoms with Crippen molar-refractivity contribution in [2.45, 2.75) is 13.8 Å². The number of methoxy groups -OCH3 is 1. The molecule has 0 atom stereocenters. The lowest BCUT2D eigenvalue weighted by Crippen LogP contribution is -2.16. The Kier molecular flexibility index (Phi) is 4.54. The second-order valence-electron chi connectivity index (χ2n) is 4.17. The maximum Gasteiger partial charge on any atom is 0.341 e. The zero-order valence-electron chi connectivity index (χ0n) is 11.6. The van der Waals surface area contributed by atoms with E-state index in [1.165, 1.54) is 30.6 Å². The number of carbonyl (C=O) groups is 2. The van der Waals surface area contributed by atoms with E-state index in [1.54, 1.807) is 6.92 Å². The summed E-state index contributed by atoms with van der Waals surface area (Å²) in [6.07, 6.45) is 0. The summed E-state index contributed by atoms with van der Waals surface area (Å²) in [5, 5.41) is 10.6. The van der Waals surface area contributed by atoms with Crippen LogP contribution in [-0.4, -0.2) is 29.2 Å². The third-order valence-electron chi connectivity index (χ3n) is 2.87. The van der Waals surface area contributed by atoms with Crippen LogP contribution in [0, 0.1) is 13.8 Å². The highest BCUT2D eigenvalue weighted by Gasteiger charge is 2.22. The number of rotatable bonds is 3. The van der Waals surface area contributed by atoms with Gasteiger partial charge in [-0.2, -0.15) is 0 Å². The van der Waals surface area contributed by atoms with Crippen LogP contribution in [0.1, 0.15) is 31.3 Å². The van der Waals surface area contributed by atoms with Crippen LogP contribution in [0.3, 0.4) is 0 Å². The second kappa shape index (κ2) is 6.19. The molecule has 0 saturated carbocycles. The Bertz CT molecular complexity index is 697. The van der Waals surface area contributed by atoms with E-state index < -0.39 is 11.9 Å². The van der Waals surface area contributed by atoms with E-state index in [0.29, 0.717) is 10.6 Å². The highest BCUT2D eigenvalue weighted by atomic mass is 35.5. The zero-order valence-corrected chi connectivity index (χ0v) is 13.1. The summed E-state index contributed by atoms with van der Waals surface area (Å²) < 4.78 is 4.75. The van der Waals surface area contributed by atoms with Crippen LogP contribution in [0.2, 0.25) is 5.15 Å². The third kappa shape index (κ3) is 3.20. The minimum atomic E-state index is -0.491. The van der Waals surface area contributed by atoms with Gasteiger partial charge in [-0.25, -0.2) is 4.79 Å². The molecule has 0 aliphatic rings. The first-order valence-electron chi connectivity index (χ1n) is 5.93. The summed E-state index contributed by atoms with van der Waals surface area (Å²) in [7, 11) is 1.30. The molecule has 0 fully saturated rings. The molecule has 0 saturated heterocycles. The molecule has 2 heterocycles. The number of anilines is 1.